The predicted octanol–water partition coefficient (Wildman–Crippen LogP) is 2.32. The Kier molecular flexibility index (Phi) is 2.76. The molecule has 1 aromatic heterocycles. The maximum Gasteiger partial charge on any atom is 0.132 e. The number of aromatic nitrogens is 1. The van der Waals surface area contributed by atoms with Gasteiger partial charge >= 0.3 is 0 Å². The van der Waals surface area contributed by atoms with Crippen molar-refractivity contribution < 1.29 is 4.74 Å². The van der Waals surface area contributed by atoms with Crippen molar-refractivity contribution >= 4 is 0 Å². The molecule has 2 N–H and O–H groups in total. The van der Waals surface area contributed by atoms with E-state index in [4.69, 9.17) is 10.5 Å². The summed E-state index contributed by atoms with van der Waals surface area (Å²) in [7, 11) is 0. The number of pyridine rings is 1. The SMILES string of the molecule is Cc1ccc(-c2cccc3c2OC(CN)C3)nc1. The van der Waals surface area contributed by atoms with Gasteiger partial charge < -0.3 is 10.5 Å². The van der Waals surface area contributed by atoms with Gasteiger partial charge in [0.15, 0.2) is 0 Å². The normalized spacial score (nSPS) is 17.3. The molecule has 3 rings (SSSR count). The number of ether oxygens (including phenoxy) is 1. The molecule has 0 saturated heterocycles. The molecule has 3 heteroatoms. The van der Waals surface area contributed by atoms with E-state index >= 15 is 0 Å². The second kappa shape index (κ2) is 4.42. The van der Waals surface area contributed by atoms with E-state index in [1.54, 1.807) is 0 Å². The number of benzene rings is 1. The molecule has 3 nitrogen and oxygen atoms in total. The van der Waals surface area contributed by atoms with Crippen LogP contribution >= 0.6 is 0 Å². The standard InChI is InChI=1S/C15H16N2O/c1-10-5-6-14(17-9-10)13-4-2-3-11-7-12(8-16)18-15(11)13/h2-6,9,12H,7-8,16H2,1H3. The topological polar surface area (TPSA) is 48.1 Å². The fourth-order valence-corrected chi connectivity index (χ4v) is 2.30. The van der Waals surface area contributed by atoms with E-state index < -0.39 is 0 Å². The maximum atomic E-state index is 5.91. The van der Waals surface area contributed by atoms with Gasteiger partial charge in [0, 0.05) is 24.7 Å². The first-order valence-electron chi connectivity index (χ1n) is 6.19. The molecule has 2 heterocycles. The first kappa shape index (κ1) is 11.2. The van der Waals surface area contributed by atoms with Gasteiger partial charge in [0.1, 0.15) is 11.9 Å². The fourth-order valence-electron chi connectivity index (χ4n) is 2.30. The molecular formula is C15H16N2O. The second-order valence-electron chi connectivity index (χ2n) is 4.69. The first-order valence-corrected chi connectivity index (χ1v) is 6.19. The van der Waals surface area contributed by atoms with Gasteiger partial charge in [-0.2, -0.15) is 0 Å². The van der Waals surface area contributed by atoms with E-state index in [1.165, 1.54) is 5.56 Å². The third kappa shape index (κ3) is 1.87. The second-order valence-corrected chi connectivity index (χ2v) is 4.69. The third-order valence-corrected chi connectivity index (χ3v) is 3.28. The zero-order valence-electron chi connectivity index (χ0n) is 10.4. The van der Waals surface area contributed by atoms with Gasteiger partial charge in [-0.3, -0.25) is 4.98 Å². The summed E-state index contributed by atoms with van der Waals surface area (Å²) >= 11 is 0. The minimum absolute atomic E-state index is 0.103. The van der Waals surface area contributed by atoms with Crippen LogP contribution in [0, 0.1) is 6.92 Å². The smallest absolute Gasteiger partial charge is 0.132 e. The van der Waals surface area contributed by atoms with E-state index in [0.29, 0.717) is 6.54 Å². The van der Waals surface area contributed by atoms with Crippen molar-refractivity contribution in [1.29, 1.82) is 0 Å². The molecule has 0 aliphatic carbocycles. The molecular weight excluding hydrogens is 224 g/mol. The van der Waals surface area contributed by atoms with Crippen LogP contribution in [0.5, 0.6) is 5.75 Å². The molecule has 0 radical (unpaired) electrons. The molecule has 1 unspecified atom stereocenters. The first-order chi connectivity index (χ1) is 8.78. The highest BCUT2D eigenvalue weighted by atomic mass is 16.5. The average molecular weight is 240 g/mol. The van der Waals surface area contributed by atoms with E-state index in [1.807, 2.05) is 19.2 Å². The summed E-state index contributed by atoms with van der Waals surface area (Å²) in [6, 6.07) is 10.3. The molecule has 0 fully saturated rings. The van der Waals surface area contributed by atoms with Crippen molar-refractivity contribution in [2.24, 2.45) is 5.73 Å². The average Bonchev–Trinajstić information content (AvgIpc) is 2.82. The molecule has 1 aliphatic rings. The van der Waals surface area contributed by atoms with Crippen molar-refractivity contribution in [2.45, 2.75) is 19.4 Å². The van der Waals surface area contributed by atoms with Gasteiger partial charge in [-0.05, 0) is 30.2 Å². The molecule has 92 valence electrons. The summed E-state index contributed by atoms with van der Waals surface area (Å²) in [6.07, 6.45) is 2.88. The van der Waals surface area contributed by atoms with Crippen LogP contribution in [0.15, 0.2) is 36.5 Å². The monoisotopic (exact) mass is 240 g/mol. The van der Waals surface area contributed by atoms with E-state index in [9.17, 15) is 0 Å². The molecule has 0 spiro atoms. The number of aryl methyl sites for hydroxylation is 1. The summed E-state index contributed by atoms with van der Waals surface area (Å²) < 4.78 is 5.91. The number of hydrogen-bond donors (Lipinski definition) is 1. The number of hydrogen-bond acceptors (Lipinski definition) is 3. The largest absolute Gasteiger partial charge is 0.488 e. The van der Waals surface area contributed by atoms with Crippen LogP contribution in [-0.2, 0) is 6.42 Å². The molecule has 18 heavy (non-hydrogen) atoms. The minimum Gasteiger partial charge on any atom is -0.488 e. The van der Waals surface area contributed by atoms with Crippen LogP contribution in [0.4, 0.5) is 0 Å². The van der Waals surface area contributed by atoms with Gasteiger partial charge in [-0.25, -0.2) is 0 Å². The molecule has 0 bridgehead atoms. The minimum atomic E-state index is 0.103. The highest BCUT2D eigenvalue weighted by Gasteiger charge is 2.24. The Morgan fingerprint density at radius 3 is 2.94 bits per heavy atom. The number of fused-ring (bicyclic) bond motifs is 1. The summed E-state index contributed by atoms with van der Waals surface area (Å²) in [4.78, 5) is 4.47. The molecule has 0 amide bonds. The zero-order chi connectivity index (χ0) is 12.5. The van der Waals surface area contributed by atoms with Crippen molar-refractivity contribution in [3.63, 3.8) is 0 Å². The van der Waals surface area contributed by atoms with Crippen LogP contribution in [0.2, 0.25) is 0 Å². The summed E-state index contributed by atoms with van der Waals surface area (Å²) in [5.74, 6) is 0.948. The number of rotatable bonds is 2. The van der Waals surface area contributed by atoms with Crippen LogP contribution in [0.25, 0.3) is 11.3 Å². The maximum absolute atomic E-state index is 5.91. The molecule has 1 aromatic carbocycles. The third-order valence-electron chi connectivity index (χ3n) is 3.28. The Morgan fingerprint density at radius 1 is 1.33 bits per heavy atom. The molecule has 1 aliphatic heterocycles. The van der Waals surface area contributed by atoms with Gasteiger partial charge in [0.2, 0.25) is 0 Å². The Morgan fingerprint density at radius 2 is 2.22 bits per heavy atom. The van der Waals surface area contributed by atoms with Crippen molar-refractivity contribution in [3.05, 3.63) is 47.7 Å². The fraction of sp³-hybridized carbons (Fsp3) is 0.267. The zero-order valence-corrected chi connectivity index (χ0v) is 10.4. The van der Waals surface area contributed by atoms with Gasteiger partial charge in [0.05, 0.1) is 5.69 Å². The number of para-hydroxylation sites is 1. The Hall–Kier alpha value is -1.87. The molecule has 0 saturated carbocycles. The van der Waals surface area contributed by atoms with Crippen LogP contribution in [0.3, 0.4) is 0 Å². The lowest BCUT2D eigenvalue weighted by Crippen LogP contribution is -2.24. The van der Waals surface area contributed by atoms with Gasteiger partial charge in [-0.15, -0.1) is 0 Å². The lowest BCUT2D eigenvalue weighted by atomic mass is 10.0. The number of nitrogens with two attached hydrogens (primary N) is 1. The van der Waals surface area contributed by atoms with Crippen LogP contribution in [-0.4, -0.2) is 17.6 Å². The Balaban J connectivity index is 2.05. The lowest BCUT2D eigenvalue weighted by Gasteiger charge is -2.10. The van der Waals surface area contributed by atoms with Crippen molar-refractivity contribution in [2.75, 3.05) is 6.54 Å². The van der Waals surface area contributed by atoms with Gasteiger partial charge in [-0.1, -0.05) is 18.2 Å². The number of nitrogens with zero attached hydrogens (tertiary/aromatic N) is 1. The Labute approximate surface area is 107 Å². The molecule has 1 atom stereocenters. The summed E-state index contributed by atoms with van der Waals surface area (Å²) in [5, 5.41) is 0. The van der Waals surface area contributed by atoms with E-state index in [0.717, 1.165) is 29.0 Å². The van der Waals surface area contributed by atoms with Crippen LogP contribution < -0.4 is 10.5 Å². The van der Waals surface area contributed by atoms with Crippen molar-refractivity contribution in [3.8, 4) is 17.0 Å². The Bertz CT molecular complexity index is 563. The summed E-state index contributed by atoms with van der Waals surface area (Å²) in [5.41, 5.74) is 10.1. The summed E-state index contributed by atoms with van der Waals surface area (Å²) in [6.45, 7) is 2.59. The highest BCUT2D eigenvalue weighted by molar-refractivity contribution is 5.70. The molecule has 2 aromatic rings. The highest BCUT2D eigenvalue weighted by Crippen LogP contribution is 2.37. The predicted molar refractivity (Wildman–Crippen MR) is 71.6 cm³/mol. The van der Waals surface area contributed by atoms with Crippen molar-refractivity contribution in [1.82, 2.24) is 4.98 Å². The lowest BCUT2D eigenvalue weighted by molar-refractivity contribution is 0.242. The van der Waals surface area contributed by atoms with Gasteiger partial charge in [0.25, 0.3) is 0 Å². The van der Waals surface area contributed by atoms with Crippen LogP contribution in [0.1, 0.15) is 11.1 Å². The quantitative estimate of drug-likeness (QED) is 0.876. The van der Waals surface area contributed by atoms with E-state index in [2.05, 4.69) is 29.2 Å². The van der Waals surface area contributed by atoms with E-state index in [-0.39, 0.29) is 6.10 Å².